The molecular formula is C12H13ClN2O2. The molecule has 2 atom stereocenters. The molecule has 2 amide bonds. The molecule has 2 heterocycles. The van der Waals surface area contributed by atoms with E-state index in [1.54, 1.807) is 18.0 Å². The van der Waals surface area contributed by atoms with Crippen molar-refractivity contribution in [2.45, 2.75) is 25.1 Å². The fourth-order valence-electron chi connectivity index (χ4n) is 2.45. The first-order valence-electron chi connectivity index (χ1n) is 5.52. The third kappa shape index (κ3) is 1.47. The molecule has 1 aromatic carbocycles. The molecule has 1 saturated heterocycles. The molecule has 1 fully saturated rings. The van der Waals surface area contributed by atoms with Gasteiger partial charge >= 0.3 is 6.03 Å². The smallest absolute Gasteiger partial charge is 0.320 e. The molecule has 90 valence electrons. The molecule has 2 aliphatic heterocycles. The van der Waals surface area contributed by atoms with E-state index in [4.69, 9.17) is 16.3 Å². The standard InChI is InChI=1S/C12H13ClN2O2/c1-12-6-9(14-11(16)15(12)2)8-4-3-7(13)5-10(8)17-12/h3-5,9H,6H2,1-2H3,(H,14,16). The molecule has 3 rings (SSSR count). The zero-order valence-corrected chi connectivity index (χ0v) is 10.4. The molecule has 0 saturated carbocycles. The number of hydrogen-bond acceptors (Lipinski definition) is 2. The van der Waals surface area contributed by atoms with Gasteiger partial charge in [-0.3, -0.25) is 4.90 Å². The van der Waals surface area contributed by atoms with Gasteiger partial charge in [-0.15, -0.1) is 0 Å². The van der Waals surface area contributed by atoms with Crippen LogP contribution in [0.3, 0.4) is 0 Å². The van der Waals surface area contributed by atoms with E-state index < -0.39 is 5.72 Å². The summed E-state index contributed by atoms with van der Waals surface area (Å²) >= 11 is 5.96. The van der Waals surface area contributed by atoms with Crippen LogP contribution < -0.4 is 10.1 Å². The average Bonchev–Trinajstić information content (AvgIpc) is 2.25. The molecule has 0 spiro atoms. The second-order valence-corrected chi connectivity index (χ2v) is 5.16. The predicted molar refractivity (Wildman–Crippen MR) is 64.1 cm³/mol. The van der Waals surface area contributed by atoms with E-state index in [9.17, 15) is 4.79 Å². The van der Waals surface area contributed by atoms with Gasteiger partial charge < -0.3 is 10.1 Å². The molecule has 0 aromatic heterocycles. The van der Waals surface area contributed by atoms with Gasteiger partial charge in [0, 0.05) is 24.1 Å². The second kappa shape index (κ2) is 3.29. The molecular weight excluding hydrogens is 240 g/mol. The highest BCUT2D eigenvalue weighted by molar-refractivity contribution is 6.30. The first-order chi connectivity index (χ1) is 7.99. The highest BCUT2D eigenvalue weighted by atomic mass is 35.5. The van der Waals surface area contributed by atoms with Crippen molar-refractivity contribution in [2.75, 3.05) is 7.05 Å². The lowest BCUT2D eigenvalue weighted by Gasteiger charge is -2.49. The van der Waals surface area contributed by atoms with E-state index in [0.29, 0.717) is 5.02 Å². The summed E-state index contributed by atoms with van der Waals surface area (Å²) in [7, 11) is 1.74. The normalized spacial score (nSPS) is 30.4. The number of urea groups is 1. The molecule has 17 heavy (non-hydrogen) atoms. The molecule has 1 aromatic rings. The van der Waals surface area contributed by atoms with Gasteiger partial charge in [0.05, 0.1) is 6.04 Å². The van der Waals surface area contributed by atoms with E-state index in [1.165, 1.54) is 0 Å². The van der Waals surface area contributed by atoms with Crippen molar-refractivity contribution in [1.29, 1.82) is 0 Å². The topological polar surface area (TPSA) is 41.6 Å². The number of rotatable bonds is 0. The van der Waals surface area contributed by atoms with Gasteiger partial charge in [0.1, 0.15) is 5.75 Å². The Kier molecular flexibility index (Phi) is 2.08. The summed E-state index contributed by atoms with van der Waals surface area (Å²) in [4.78, 5) is 13.4. The third-order valence-corrected chi connectivity index (χ3v) is 3.81. The van der Waals surface area contributed by atoms with Crippen LogP contribution in [0.2, 0.25) is 5.02 Å². The number of carbonyl (C=O) groups is 1. The van der Waals surface area contributed by atoms with Crippen molar-refractivity contribution >= 4 is 17.6 Å². The van der Waals surface area contributed by atoms with Gasteiger partial charge in [-0.1, -0.05) is 17.7 Å². The fraction of sp³-hybridized carbons (Fsp3) is 0.417. The van der Waals surface area contributed by atoms with Crippen LogP contribution in [0.5, 0.6) is 5.75 Å². The summed E-state index contributed by atoms with van der Waals surface area (Å²) in [5, 5.41) is 3.60. The summed E-state index contributed by atoms with van der Waals surface area (Å²) in [6.45, 7) is 1.92. The molecule has 2 bridgehead atoms. The van der Waals surface area contributed by atoms with Crippen LogP contribution in [0.1, 0.15) is 24.9 Å². The lowest BCUT2D eigenvalue weighted by molar-refractivity contribution is -0.0718. The molecule has 2 unspecified atom stereocenters. The second-order valence-electron chi connectivity index (χ2n) is 4.72. The molecule has 2 aliphatic rings. The van der Waals surface area contributed by atoms with Crippen LogP contribution in [0.4, 0.5) is 4.79 Å². The van der Waals surface area contributed by atoms with E-state index in [1.807, 2.05) is 19.1 Å². The Morgan fingerprint density at radius 1 is 1.59 bits per heavy atom. The van der Waals surface area contributed by atoms with Crippen molar-refractivity contribution in [2.24, 2.45) is 0 Å². The van der Waals surface area contributed by atoms with Gasteiger partial charge in [0.15, 0.2) is 5.72 Å². The number of nitrogens with zero attached hydrogens (tertiary/aromatic N) is 1. The number of halogens is 1. The van der Waals surface area contributed by atoms with E-state index in [0.717, 1.165) is 17.7 Å². The zero-order valence-electron chi connectivity index (χ0n) is 9.66. The summed E-state index contributed by atoms with van der Waals surface area (Å²) < 4.78 is 5.93. The Labute approximate surface area is 104 Å². The minimum absolute atomic E-state index is 0.00437. The average molecular weight is 253 g/mol. The summed E-state index contributed by atoms with van der Waals surface area (Å²) in [5.41, 5.74) is 0.401. The van der Waals surface area contributed by atoms with E-state index in [2.05, 4.69) is 5.32 Å². The van der Waals surface area contributed by atoms with Gasteiger partial charge in [0.2, 0.25) is 0 Å². The van der Waals surface area contributed by atoms with Gasteiger partial charge in [0.25, 0.3) is 0 Å². The maximum Gasteiger partial charge on any atom is 0.320 e. The van der Waals surface area contributed by atoms with Crippen LogP contribution in [0.15, 0.2) is 18.2 Å². The summed E-state index contributed by atoms with van der Waals surface area (Å²) in [5.74, 6) is 0.753. The number of carbonyl (C=O) groups excluding carboxylic acids is 1. The number of ether oxygens (including phenoxy) is 1. The first kappa shape index (κ1) is 10.7. The first-order valence-corrected chi connectivity index (χ1v) is 5.90. The number of amides is 2. The van der Waals surface area contributed by atoms with Crippen LogP contribution >= 0.6 is 11.6 Å². The van der Waals surface area contributed by atoms with E-state index in [-0.39, 0.29) is 12.1 Å². The molecule has 4 nitrogen and oxygen atoms in total. The number of hydrogen-bond donors (Lipinski definition) is 1. The SMILES string of the molecule is CN1C(=O)NC2CC1(C)Oc1cc(Cl)ccc12. The monoisotopic (exact) mass is 252 g/mol. The highest BCUT2D eigenvalue weighted by Crippen LogP contribution is 2.44. The van der Waals surface area contributed by atoms with Gasteiger partial charge in [-0.2, -0.15) is 0 Å². The maximum absolute atomic E-state index is 11.8. The molecule has 0 radical (unpaired) electrons. The Balaban J connectivity index is 2.11. The number of benzene rings is 1. The van der Waals surface area contributed by atoms with Crippen molar-refractivity contribution < 1.29 is 9.53 Å². The quantitative estimate of drug-likeness (QED) is 0.771. The van der Waals surface area contributed by atoms with Crippen LogP contribution in [-0.4, -0.2) is 23.7 Å². The Bertz CT molecular complexity index is 505. The number of nitrogens with one attached hydrogen (secondary N) is 1. The lowest BCUT2D eigenvalue weighted by Crippen LogP contribution is -2.63. The maximum atomic E-state index is 11.8. The predicted octanol–water partition coefficient (Wildman–Crippen LogP) is 2.53. The molecule has 5 heteroatoms. The Morgan fingerprint density at radius 3 is 3.12 bits per heavy atom. The Hall–Kier alpha value is -1.42. The van der Waals surface area contributed by atoms with Gasteiger partial charge in [-0.25, -0.2) is 4.79 Å². The zero-order chi connectivity index (χ0) is 12.2. The van der Waals surface area contributed by atoms with E-state index >= 15 is 0 Å². The minimum Gasteiger partial charge on any atom is -0.468 e. The van der Waals surface area contributed by atoms with Crippen molar-refractivity contribution in [3.63, 3.8) is 0 Å². The summed E-state index contributed by atoms with van der Waals surface area (Å²) in [6.07, 6.45) is 0.740. The van der Waals surface area contributed by atoms with Crippen molar-refractivity contribution in [3.05, 3.63) is 28.8 Å². The van der Waals surface area contributed by atoms with Crippen LogP contribution in [0.25, 0.3) is 0 Å². The molecule has 1 N–H and O–H groups in total. The third-order valence-electron chi connectivity index (χ3n) is 3.58. The molecule has 0 aliphatic carbocycles. The van der Waals surface area contributed by atoms with Crippen molar-refractivity contribution in [1.82, 2.24) is 10.2 Å². The minimum atomic E-state index is -0.593. The van der Waals surface area contributed by atoms with Crippen LogP contribution in [0, 0.1) is 0 Å². The number of fused-ring (bicyclic) bond motifs is 4. The lowest BCUT2D eigenvalue weighted by atomic mass is 9.91. The summed E-state index contributed by atoms with van der Waals surface area (Å²) in [6, 6.07) is 5.42. The largest absolute Gasteiger partial charge is 0.468 e. The van der Waals surface area contributed by atoms with Crippen molar-refractivity contribution in [3.8, 4) is 5.75 Å². The van der Waals surface area contributed by atoms with Gasteiger partial charge in [-0.05, 0) is 19.1 Å². The highest BCUT2D eigenvalue weighted by Gasteiger charge is 2.47. The van der Waals surface area contributed by atoms with Crippen LogP contribution in [-0.2, 0) is 0 Å². The fourth-order valence-corrected chi connectivity index (χ4v) is 2.61. The Morgan fingerprint density at radius 2 is 2.35 bits per heavy atom.